The predicted octanol–water partition coefficient (Wildman–Crippen LogP) is 2.37. The molecule has 4 rings (SSSR count). The van der Waals surface area contributed by atoms with Crippen LogP contribution in [-0.4, -0.2) is 48.2 Å². The zero-order valence-electron chi connectivity index (χ0n) is 13.8. The highest BCUT2D eigenvalue weighted by molar-refractivity contribution is 6.32. The number of halogens is 1. The van der Waals surface area contributed by atoms with Gasteiger partial charge in [-0.1, -0.05) is 11.6 Å². The fourth-order valence-corrected chi connectivity index (χ4v) is 4.29. The van der Waals surface area contributed by atoms with Gasteiger partial charge in [0.25, 0.3) is 0 Å². The maximum Gasteiger partial charge on any atom is 0.307 e. The van der Waals surface area contributed by atoms with Crippen LogP contribution in [0.2, 0.25) is 5.02 Å². The Labute approximate surface area is 150 Å². The molecule has 1 aromatic carbocycles. The first kappa shape index (κ1) is 16.5. The van der Waals surface area contributed by atoms with Crippen molar-refractivity contribution in [1.82, 2.24) is 4.90 Å². The van der Waals surface area contributed by atoms with E-state index in [0.29, 0.717) is 42.8 Å². The summed E-state index contributed by atoms with van der Waals surface area (Å²) >= 11 is 6.22. The molecule has 1 amide bonds. The molecule has 7 heteroatoms. The van der Waals surface area contributed by atoms with Crippen molar-refractivity contribution in [2.75, 3.05) is 26.3 Å². The fraction of sp³-hybridized carbons (Fsp3) is 0.556. The molecule has 134 valence electrons. The number of hydrogen-bond donors (Lipinski definition) is 1. The van der Waals surface area contributed by atoms with Crippen molar-refractivity contribution in [3.05, 3.63) is 22.7 Å². The van der Waals surface area contributed by atoms with Crippen LogP contribution in [0.25, 0.3) is 0 Å². The Morgan fingerprint density at radius 2 is 1.96 bits per heavy atom. The molecule has 1 aliphatic carbocycles. The third-order valence-corrected chi connectivity index (χ3v) is 5.89. The lowest BCUT2D eigenvalue weighted by Gasteiger charge is -2.32. The summed E-state index contributed by atoms with van der Waals surface area (Å²) in [7, 11) is 0. The Morgan fingerprint density at radius 1 is 1.24 bits per heavy atom. The van der Waals surface area contributed by atoms with Crippen molar-refractivity contribution in [3.63, 3.8) is 0 Å². The van der Waals surface area contributed by atoms with Crippen molar-refractivity contribution >= 4 is 23.5 Å². The summed E-state index contributed by atoms with van der Waals surface area (Å²) in [6.07, 6.45) is 2.56. The van der Waals surface area contributed by atoms with Gasteiger partial charge in [0.1, 0.15) is 13.2 Å². The molecule has 0 radical (unpaired) electrons. The van der Waals surface area contributed by atoms with Crippen LogP contribution in [0.3, 0.4) is 0 Å². The van der Waals surface area contributed by atoms with Gasteiger partial charge in [-0.05, 0) is 42.4 Å². The van der Waals surface area contributed by atoms with E-state index in [1.54, 1.807) is 6.07 Å². The van der Waals surface area contributed by atoms with Crippen LogP contribution < -0.4 is 9.47 Å². The molecule has 1 saturated carbocycles. The lowest BCUT2D eigenvalue weighted by Crippen LogP contribution is -2.40. The van der Waals surface area contributed by atoms with E-state index in [4.69, 9.17) is 26.2 Å². The molecule has 2 aliphatic heterocycles. The number of likely N-dealkylation sites (tertiary alicyclic amines) is 1. The first-order chi connectivity index (χ1) is 12.0. The van der Waals surface area contributed by atoms with Crippen LogP contribution in [0, 0.1) is 11.3 Å². The number of carbonyl (C=O) groups excluding carboxylic acids is 1. The summed E-state index contributed by atoms with van der Waals surface area (Å²) in [4.78, 5) is 25.5. The van der Waals surface area contributed by atoms with Gasteiger partial charge in [0.15, 0.2) is 11.5 Å². The number of hydrogen-bond acceptors (Lipinski definition) is 4. The molecule has 1 aromatic rings. The molecule has 2 fully saturated rings. The SMILES string of the molecule is O=C(O)C1CC12CCN(C(=O)Cc1cc(Cl)c3c(c1)OCCO3)CC2. The van der Waals surface area contributed by atoms with Crippen LogP contribution in [0.5, 0.6) is 11.5 Å². The number of benzene rings is 1. The van der Waals surface area contributed by atoms with Gasteiger partial charge < -0.3 is 19.5 Å². The summed E-state index contributed by atoms with van der Waals surface area (Å²) in [6.45, 7) is 2.19. The second-order valence-electron chi connectivity index (χ2n) is 7.12. The number of piperidine rings is 1. The molecule has 1 saturated heterocycles. The minimum atomic E-state index is -0.703. The van der Waals surface area contributed by atoms with Crippen molar-refractivity contribution in [2.24, 2.45) is 11.3 Å². The summed E-state index contributed by atoms with van der Waals surface area (Å²) in [5.74, 6) is 0.237. The monoisotopic (exact) mass is 365 g/mol. The van der Waals surface area contributed by atoms with E-state index >= 15 is 0 Å². The molecule has 3 aliphatic rings. The van der Waals surface area contributed by atoms with Gasteiger partial charge in [-0.3, -0.25) is 9.59 Å². The van der Waals surface area contributed by atoms with E-state index in [9.17, 15) is 9.59 Å². The molecule has 1 atom stereocenters. The summed E-state index contributed by atoms with van der Waals surface area (Å²) < 4.78 is 11.0. The number of rotatable bonds is 3. The second kappa shape index (κ2) is 6.09. The quantitative estimate of drug-likeness (QED) is 0.889. The highest BCUT2D eigenvalue weighted by atomic mass is 35.5. The molecule has 25 heavy (non-hydrogen) atoms. The minimum absolute atomic E-state index is 0.0371. The molecule has 1 spiro atoms. The average Bonchev–Trinajstić information content (AvgIpc) is 3.29. The molecule has 1 N–H and O–H groups in total. The topological polar surface area (TPSA) is 76.1 Å². The number of ether oxygens (including phenoxy) is 2. The van der Waals surface area contributed by atoms with E-state index in [1.165, 1.54) is 0 Å². The van der Waals surface area contributed by atoms with Gasteiger partial charge in [-0.25, -0.2) is 0 Å². The van der Waals surface area contributed by atoms with Crippen molar-refractivity contribution in [1.29, 1.82) is 0 Å². The van der Waals surface area contributed by atoms with Gasteiger partial charge >= 0.3 is 5.97 Å². The largest absolute Gasteiger partial charge is 0.486 e. The zero-order chi connectivity index (χ0) is 17.6. The van der Waals surface area contributed by atoms with E-state index in [-0.39, 0.29) is 23.7 Å². The molecule has 6 nitrogen and oxygen atoms in total. The van der Waals surface area contributed by atoms with Crippen molar-refractivity contribution < 1.29 is 24.2 Å². The average molecular weight is 366 g/mol. The summed E-state index contributed by atoms with van der Waals surface area (Å²) in [6, 6.07) is 3.56. The highest BCUT2D eigenvalue weighted by Gasteiger charge is 2.59. The van der Waals surface area contributed by atoms with E-state index in [2.05, 4.69) is 0 Å². The Hall–Kier alpha value is -1.95. The van der Waals surface area contributed by atoms with Crippen LogP contribution in [0.4, 0.5) is 0 Å². The van der Waals surface area contributed by atoms with Gasteiger partial charge in [0.05, 0.1) is 17.4 Å². The number of carboxylic acids is 1. The van der Waals surface area contributed by atoms with Gasteiger partial charge in [0.2, 0.25) is 5.91 Å². The van der Waals surface area contributed by atoms with Crippen molar-refractivity contribution in [2.45, 2.75) is 25.7 Å². The Balaban J connectivity index is 1.38. The standard InChI is InChI=1S/C18H20ClNO5/c19-13-7-11(8-14-16(13)25-6-5-24-14)9-15(21)20-3-1-18(2-4-20)10-12(18)17(22)23/h7-8,12H,1-6,9-10H2,(H,22,23). The maximum absolute atomic E-state index is 12.6. The number of nitrogens with zero attached hydrogens (tertiary/aromatic N) is 1. The van der Waals surface area contributed by atoms with Gasteiger partial charge in [0, 0.05) is 13.1 Å². The zero-order valence-corrected chi connectivity index (χ0v) is 14.6. The lowest BCUT2D eigenvalue weighted by atomic mass is 9.90. The smallest absolute Gasteiger partial charge is 0.307 e. The number of fused-ring (bicyclic) bond motifs is 1. The van der Waals surface area contributed by atoms with Gasteiger partial charge in [-0.15, -0.1) is 0 Å². The molecule has 1 unspecified atom stereocenters. The first-order valence-corrected chi connectivity index (χ1v) is 8.95. The van der Waals surface area contributed by atoms with Crippen LogP contribution >= 0.6 is 11.6 Å². The molecule has 2 heterocycles. The van der Waals surface area contributed by atoms with Crippen LogP contribution in [-0.2, 0) is 16.0 Å². The lowest BCUT2D eigenvalue weighted by molar-refractivity contribution is -0.139. The Morgan fingerprint density at radius 3 is 2.64 bits per heavy atom. The van der Waals surface area contributed by atoms with Crippen LogP contribution in [0.1, 0.15) is 24.8 Å². The first-order valence-electron chi connectivity index (χ1n) is 8.57. The normalized spacial score (nSPS) is 23.4. The number of carboxylic acid groups (broad SMARTS) is 1. The van der Waals surface area contributed by atoms with Crippen molar-refractivity contribution in [3.8, 4) is 11.5 Å². The van der Waals surface area contributed by atoms with Gasteiger partial charge in [-0.2, -0.15) is 0 Å². The van der Waals surface area contributed by atoms with Crippen LogP contribution in [0.15, 0.2) is 12.1 Å². The highest BCUT2D eigenvalue weighted by Crippen LogP contribution is 2.59. The minimum Gasteiger partial charge on any atom is -0.486 e. The summed E-state index contributed by atoms with van der Waals surface area (Å²) in [5.41, 5.74) is 0.734. The predicted molar refractivity (Wildman–Crippen MR) is 90.1 cm³/mol. The van der Waals surface area contributed by atoms with E-state index in [1.807, 2.05) is 11.0 Å². The molecule has 0 bridgehead atoms. The Bertz CT molecular complexity index is 726. The number of amides is 1. The molecule has 0 aromatic heterocycles. The third kappa shape index (κ3) is 3.03. The molecular weight excluding hydrogens is 346 g/mol. The summed E-state index contributed by atoms with van der Waals surface area (Å²) in [5, 5.41) is 9.61. The van der Waals surface area contributed by atoms with E-state index < -0.39 is 5.97 Å². The fourth-order valence-electron chi connectivity index (χ4n) is 4.00. The second-order valence-corrected chi connectivity index (χ2v) is 7.52. The number of carbonyl (C=O) groups is 2. The maximum atomic E-state index is 12.6. The molecular formula is C18H20ClNO5. The number of aliphatic carboxylic acids is 1. The third-order valence-electron chi connectivity index (χ3n) is 5.61. The van der Waals surface area contributed by atoms with E-state index in [0.717, 1.165) is 24.8 Å². The Kier molecular flexibility index (Phi) is 4.02.